The largest absolute Gasteiger partial charge is 0.450 e. The second kappa shape index (κ2) is 10.2. The minimum absolute atomic E-state index is 0.659. The molecule has 0 N–H and O–H groups in total. The highest BCUT2D eigenvalue weighted by molar-refractivity contribution is 6.12. The summed E-state index contributed by atoms with van der Waals surface area (Å²) in [6.07, 6.45) is 0. The van der Waals surface area contributed by atoms with Crippen molar-refractivity contribution >= 4 is 60.9 Å². The van der Waals surface area contributed by atoms with E-state index in [-0.39, 0.29) is 0 Å². The van der Waals surface area contributed by atoms with Crippen LogP contribution in [-0.4, -0.2) is 14.5 Å². The van der Waals surface area contributed by atoms with E-state index in [9.17, 15) is 0 Å². The van der Waals surface area contributed by atoms with Crippen molar-refractivity contribution in [3.63, 3.8) is 0 Å². The summed E-state index contributed by atoms with van der Waals surface area (Å²) in [6, 6.07) is 54.4. The van der Waals surface area contributed by atoms with Crippen LogP contribution in [0.2, 0.25) is 0 Å². The van der Waals surface area contributed by atoms with E-state index < -0.39 is 0 Å². The van der Waals surface area contributed by atoms with Crippen LogP contribution in [0.25, 0.3) is 61.1 Å². The minimum Gasteiger partial charge on any atom is -0.450 e. The Morgan fingerprint density at radius 1 is 0.489 bits per heavy atom. The number of anilines is 3. The van der Waals surface area contributed by atoms with Crippen molar-refractivity contribution in [1.82, 2.24) is 14.5 Å². The van der Waals surface area contributed by atoms with Crippen LogP contribution in [0.15, 0.2) is 162 Å². The summed E-state index contributed by atoms with van der Waals surface area (Å²) in [5.74, 6) is 1.38. The van der Waals surface area contributed by atoms with Crippen molar-refractivity contribution in [2.45, 2.75) is 0 Å². The van der Waals surface area contributed by atoms with Gasteiger partial charge >= 0.3 is 0 Å². The quantitative estimate of drug-likeness (QED) is 0.204. The number of furan rings is 1. The molecular formula is C40H26N4O. The zero-order valence-electron chi connectivity index (χ0n) is 24.2. The van der Waals surface area contributed by atoms with Crippen LogP contribution < -0.4 is 4.90 Å². The summed E-state index contributed by atoms with van der Waals surface area (Å²) in [6.45, 7) is 0. The van der Waals surface area contributed by atoms with E-state index in [4.69, 9.17) is 14.4 Å². The standard InChI is InChI=1S/C40H26N4O/c1-4-14-27(15-5-1)39-41-37-32-21-11-13-23-36(32)45-38(37)40(42-39)44-34-22-12-10-20-31(34)33-26-30(24-25-35(33)44)43(28-16-6-2-7-17-28)29-18-8-3-9-19-29/h1-26H. The third-order valence-corrected chi connectivity index (χ3v) is 8.39. The number of aromatic nitrogens is 3. The fourth-order valence-corrected chi connectivity index (χ4v) is 6.37. The molecule has 9 aromatic rings. The van der Waals surface area contributed by atoms with E-state index in [1.165, 1.54) is 0 Å². The molecule has 0 saturated carbocycles. The highest BCUT2D eigenvalue weighted by Gasteiger charge is 2.22. The highest BCUT2D eigenvalue weighted by Crippen LogP contribution is 2.41. The average molecular weight is 579 g/mol. The van der Waals surface area contributed by atoms with Gasteiger partial charge in [-0.2, -0.15) is 0 Å². The molecule has 5 heteroatoms. The van der Waals surface area contributed by atoms with Crippen LogP contribution in [0.4, 0.5) is 17.1 Å². The molecule has 0 aliphatic carbocycles. The van der Waals surface area contributed by atoms with Gasteiger partial charge in [-0.3, -0.25) is 4.57 Å². The first-order valence-corrected chi connectivity index (χ1v) is 15.0. The molecule has 0 saturated heterocycles. The summed E-state index contributed by atoms with van der Waals surface area (Å²) in [7, 11) is 0. The van der Waals surface area contributed by atoms with E-state index in [1.54, 1.807) is 0 Å². The van der Waals surface area contributed by atoms with Crippen LogP contribution in [-0.2, 0) is 0 Å². The molecule has 9 rings (SSSR count). The number of benzene rings is 6. The molecule has 5 nitrogen and oxygen atoms in total. The lowest BCUT2D eigenvalue weighted by molar-refractivity contribution is 0.662. The Morgan fingerprint density at radius 3 is 1.82 bits per heavy atom. The topological polar surface area (TPSA) is 47.1 Å². The van der Waals surface area contributed by atoms with E-state index in [0.29, 0.717) is 11.4 Å². The summed E-state index contributed by atoms with van der Waals surface area (Å²) >= 11 is 0. The molecule has 0 radical (unpaired) electrons. The molecule has 3 aromatic heterocycles. The maximum absolute atomic E-state index is 6.52. The van der Waals surface area contributed by atoms with Gasteiger partial charge < -0.3 is 9.32 Å². The second-order valence-electron chi connectivity index (χ2n) is 11.1. The lowest BCUT2D eigenvalue weighted by Crippen LogP contribution is -2.09. The number of rotatable bonds is 5. The molecule has 6 aromatic carbocycles. The van der Waals surface area contributed by atoms with Crippen LogP contribution >= 0.6 is 0 Å². The number of hydrogen-bond acceptors (Lipinski definition) is 4. The van der Waals surface area contributed by atoms with Crippen LogP contribution in [0.3, 0.4) is 0 Å². The van der Waals surface area contributed by atoms with Crippen LogP contribution in [0.5, 0.6) is 0 Å². The van der Waals surface area contributed by atoms with E-state index in [0.717, 1.165) is 66.7 Å². The van der Waals surface area contributed by atoms with Gasteiger partial charge in [0.15, 0.2) is 17.2 Å². The predicted octanol–water partition coefficient (Wildman–Crippen LogP) is 10.6. The average Bonchev–Trinajstić information content (AvgIpc) is 3.65. The Labute approximate surface area is 259 Å². The smallest absolute Gasteiger partial charge is 0.197 e. The van der Waals surface area contributed by atoms with Crippen molar-refractivity contribution in [3.05, 3.63) is 158 Å². The first-order chi connectivity index (χ1) is 22.3. The molecule has 0 atom stereocenters. The monoisotopic (exact) mass is 578 g/mol. The van der Waals surface area contributed by atoms with E-state index in [1.807, 2.05) is 60.7 Å². The molecule has 212 valence electrons. The molecule has 45 heavy (non-hydrogen) atoms. The number of nitrogens with zero attached hydrogens (tertiary/aromatic N) is 4. The Kier molecular flexibility index (Phi) is 5.74. The van der Waals surface area contributed by atoms with Gasteiger partial charge in [0.05, 0.1) is 11.0 Å². The van der Waals surface area contributed by atoms with Crippen LogP contribution in [0, 0.1) is 0 Å². The maximum atomic E-state index is 6.52. The second-order valence-corrected chi connectivity index (χ2v) is 11.1. The molecule has 0 unspecified atom stereocenters. The number of fused-ring (bicyclic) bond motifs is 6. The fraction of sp³-hybridized carbons (Fsp3) is 0. The molecule has 0 aliphatic heterocycles. The molecule has 0 aliphatic rings. The van der Waals surface area contributed by atoms with Crippen molar-refractivity contribution in [2.24, 2.45) is 0 Å². The van der Waals surface area contributed by atoms with Crippen molar-refractivity contribution < 1.29 is 4.42 Å². The van der Waals surface area contributed by atoms with Gasteiger partial charge in [-0.25, -0.2) is 9.97 Å². The predicted molar refractivity (Wildman–Crippen MR) is 184 cm³/mol. The SMILES string of the molecule is c1ccc(-c2nc(-n3c4ccccc4c4cc(N(c5ccccc5)c5ccccc5)ccc43)c3oc4ccccc4c3n2)cc1. The van der Waals surface area contributed by atoms with Crippen molar-refractivity contribution in [3.8, 4) is 17.2 Å². The lowest BCUT2D eigenvalue weighted by atomic mass is 10.1. The zero-order valence-corrected chi connectivity index (χ0v) is 24.2. The first kappa shape index (κ1) is 25.3. The van der Waals surface area contributed by atoms with Crippen molar-refractivity contribution in [2.75, 3.05) is 4.90 Å². The van der Waals surface area contributed by atoms with Gasteiger partial charge in [-0.15, -0.1) is 0 Å². The number of hydrogen-bond donors (Lipinski definition) is 0. The molecule has 0 amide bonds. The summed E-state index contributed by atoms with van der Waals surface area (Å²) in [5.41, 5.74) is 8.57. The lowest BCUT2D eigenvalue weighted by Gasteiger charge is -2.25. The molecule has 0 fully saturated rings. The molecular weight excluding hydrogens is 552 g/mol. The third kappa shape index (κ3) is 4.09. The van der Waals surface area contributed by atoms with E-state index in [2.05, 4.69) is 107 Å². The Bertz CT molecular complexity index is 2440. The number of para-hydroxylation sites is 4. The molecule has 3 heterocycles. The van der Waals surface area contributed by atoms with Gasteiger partial charge in [0.1, 0.15) is 11.1 Å². The van der Waals surface area contributed by atoms with Crippen molar-refractivity contribution in [1.29, 1.82) is 0 Å². The normalized spacial score (nSPS) is 11.6. The molecule has 0 bridgehead atoms. The van der Waals surface area contributed by atoms with Gasteiger partial charge in [0.25, 0.3) is 0 Å². The Hall–Kier alpha value is -6.20. The van der Waals surface area contributed by atoms with Gasteiger partial charge in [0, 0.05) is 38.8 Å². The third-order valence-electron chi connectivity index (χ3n) is 8.39. The maximum Gasteiger partial charge on any atom is 0.197 e. The van der Waals surface area contributed by atoms with Crippen LogP contribution in [0.1, 0.15) is 0 Å². The fourth-order valence-electron chi connectivity index (χ4n) is 6.37. The minimum atomic E-state index is 0.659. The summed E-state index contributed by atoms with van der Waals surface area (Å²) in [5, 5.41) is 3.24. The first-order valence-electron chi connectivity index (χ1n) is 15.0. The van der Waals surface area contributed by atoms with Gasteiger partial charge in [-0.1, -0.05) is 97.1 Å². The van der Waals surface area contributed by atoms with E-state index >= 15 is 0 Å². The summed E-state index contributed by atoms with van der Waals surface area (Å²) < 4.78 is 8.74. The highest BCUT2D eigenvalue weighted by atomic mass is 16.3. The zero-order chi connectivity index (χ0) is 29.7. The Balaban J connectivity index is 1.34. The van der Waals surface area contributed by atoms with Gasteiger partial charge in [-0.05, 0) is 60.7 Å². The Morgan fingerprint density at radius 2 is 1.09 bits per heavy atom. The summed E-state index contributed by atoms with van der Waals surface area (Å²) in [4.78, 5) is 12.5. The molecule has 0 spiro atoms. The van der Waals surface area contributed by atoms with Gasteiger partial charge in [0.2, 0.25) is 0 Å².